The molecule has 0 bridgehead atoms. The number of ether oxygens (including phenoxy) is 1. The minimum absolute atomic E-state index is 0.00398. The van der Waals surface area contributed by atoms with Crippen molar-refractivity contribution < 1.29 is 35.1 Å². The van der Waals surface area contributed by atoms with Gasteiger partial charge in [0.05, 0.1) is 0 Å². The topological polar surface area (TPSA) is 55.6 Å². The fourth-order valence-electron chi connectivity index (χ4n) is 2.30. The van der Waals surface area contributed by atoms with E-state index in [2.05, 4.69) is 4.18 Å². The Morgan fingerprint density at radius 3 is 2.36 bits per heavy atom. The van der Waals surface area contributed by atoms with Crippen LogP contribution in [-0.4, -0.2) is 50.5 Å². The number of halogens is 3. The summed E-state index contributed by atoms with van der Waals surface area (Å²) < 4.78 is 71.8. The summed E-state index contributed by atoms with van der Waals surface area (Å²) in [5, 5.41) is 0. The summed E-state index contributed by atoms with van der Waals surface area (Å²) >= 11 is 0. The van der Waals surface area contributed by atoms with Crippen molar-refractivity contribution in [3.05, 3.63) is 47.7 Å². The van der Waals surface area contributed by atoms with Crippen LogP contribution in [0.25, 0.3) is 0 Å². The van der Waals surface area contributed by atoms with Crippen LogP contribution < -0.4 is 0 Å². The molecular weight excluding hydrogens is 359 g/mol. The lowest BCUT2D eigenvalue weighted by Gasteiger charge is -2.15. The third-order valence-electron chi connectivity index (χ3n) is 3.57. The number of alkyl halides is 3. The fraction of sp³-hybridized carbons (Fsp3) is 0.438. The molecule has 0 amide bonds. The molecule has 1 saturated heterocycles. The zero-order valence-corrected chi connectivity index (χ0v) is 14.4. The van der Waals surface area contributed by atoms with Gasteiger partial charge in [0.25, 0.3) is 0 Å². The van der Waals surface area contributed by atoms with Crippen molar-refractivity contribution in [3.8, 4) is 0 Å². The van der Waals surface area contributed by atoms with Gasteiger partial charge in [-0.2, -0.15) is 21.6 Å². The Morgan fingerprint density at radius 2 is 1.84 bits per heavy atom. The molecule has 0 atom stereocenters. The summed E-state index contributed by atoms with van der Waals surface area (Å²) in [7, 11) is -5.69. The van der Waals surface area contributed by atoms with Gasteiger partial charge in [-0.3, -0.25) is 0 Å². The van der Waals surface area contributed by atoms with Gasteiger partial charge in [0.15, 0.2) is 13.1 Å². The maximum absolute atomic E-state index is 12.6. The second kappa shape index (κ2) is 8.01. The van der Waals surface area contributed by atoms with Gasteiger partial charge in [0.2, 0.25) is 5.71 Å². The maximum atomic E-state index is 12.6. The molecule has 1 heterocycles. The van der Waals surface area contributed by atoms with Gasteiger partial charge in [-0.25, -0.2) is 4.58 Å². The van der Waals surface area contributed by atoms with Crippen LogP contribution in [0.3, 0.4) is 0 Å². The summed E-state index contributed by atoms with van der Waals surface area (Å²) in [6.07, 6.45) is 1.35. The zero-order chi connectivity index (χ0) is 18.5. The highest BCUT2D eigenvalue weighted by molar-refractivity contribution is 7.87. The first-order valence-corrected chi connectivity index (χ1v) is 9.12. The highest BCUT2D eigenvalue weighted by Gasteiger charge is 2.48. The number of allylic oxidation sites excluding steroid dienone is 2. The predicted octanol–water partition coefficient (Wildman–Crippen LogP) is 2.68. The van der Waals surface area contributed by atoms with Crippen molar-refractivity contribution in [1.29, 1.82) is 0 Å². The first-order valence-electron chi connectivity index (χ1n) is 7.71. The van der Waals surface area contributed by atoms with Gasteiger partial charge < -0.3 is 8.92 Å². The van der Waals surface area contributed by atoms with Gasteiger partial charge >= 0.3 is 15.6 Å². The van der Waals surface area contributed by atoms with Gasteiger partial charge in [0, 0.05) is 18.1 Å². The predicted molar refractivity (Wildman–Crippen MR) is 85.8 cm³/mol. The molecule has 1 aromatic rings. The number of hydrogen-bond acceptors (Lipinski definition) is 4. The summed E-state index contributed by atoms with van der Waals surface area (Å²) in [6.45, 7) is 3.58. The Kier molecular flexibility index (Phi) is 6.23. The van der Waals surface area contributed by atoms with Crippen LogP contribution in [0.15, 0.2) is 42.2 Å². The van der Waals surface area contributed by atoms with Gasteiger partial charge in [-0.05, 0) is 12.1 Å². The van der Waals surface area contributed by atoms with Crippen LogP contribution >= 0.6 is 0 Å². The van der Waals surface area contributed by atoms with Gasteiger partial charge in [-0.15, -0.1) is 0 Å². The van der Waals surface area contributed by atoms with Gasteiger partial charge in [0.1, 0.15) is 19.0 Å². The molecule has 9 heteroatoms. The van der Waals surface area contributed by atoms with E-state index in [0.29, 0.717) is 32.0 Å². The van der Waals surface area contributed by atoms with Crippen molar-refractivity contribution in [2.75, 3.05) is 26.3 Å². The number of nitrogens with zero attached hydrogens (tertiary/aromatic N) is 1. The molecule has 0 radical (unpaired) electrons. The van der Waals surface area contributed by atoms with Crippen molar-refractivity contribution in [2.24, 2.45) is 0 Å². The Bertz CT molecular complexity index is 747. The van der Waals surface area contributed by atoms with E-state index in [1.54, 1.807) is 24.3 Å². The average molecular weight is 378 g/mol. The molecule has 0 aromatic heterocycles. The number of benzene rings is 1. The summed E-state index contributed by atoms with van der Waals surface area (Å²) in [5.74, 6) is -0.275. The van der Waals surface area contributed by atoms with Crippen LogP contribution in [0.2, 0.25) is 0 Å². The molecule has 2 rings (SSSR count). The Balaban J connectivity index is 2.45. The second-order valence-electron chi connectivity index (χ2n) is 5.30. The first-order chi connectivity index (χ1) is 11.7. The Morgan fingerprint density at radius 1 is 1.24 bits per heavy atom. The van der Waals surface area contributed by atoms with E-state index in [1.807, 2.05) is 10.6 Å². The van der Waals surface area contributed by atoms with Crippen LogP contribution in [0, 0.1) is 0 Å². The smallest absolute Gasteiger partial charge is 0.380 e. The summed E-state index contributed by atoms with van der Waals surface area (Å²) in [6, 6.07) is 9.00. The minimum Gasteiger partial charge on any atom is -0.380 e. The lowest BCUT2D eigenvalue weighted by atomic mass is 10.1. The molecule has 5 nitrogen and oxygen atoms in total. The minimum atomic E-state index is -5.69. The lowest BCUT2D eigenvalue weighted by molar-refractivity contribution is -0.548. The molecule has 0 aliphatic carbocycles. The highest BCUT2D eigenvalue weighted by atomic mass is 32.2. The van der Waals surface area contributed by atoms with Crippen molar-refractivity contribution in [2.45, 2.75) is 18.9 Å². The monoisotopic (exact) mass is 378 g/mol. The number of morpholine rings is 1. The largest absolute Gasteiger partial charge is 0.534 e. The second-order valence-corrected chi connectivity index (χ2v) is 6.84. The molecule has 138 valence electrons. The van der Waals surface area contributed by atoms with E-state index >= 15 is 0 Å². The molecule has 0 spiro atoms. The standard InChI is InChI=1S/C16H19F3NO4S/c1-2-14(24-25(21,22)16(17,18)19)12-15(13-6-4-3-5-7-13)20-8-10-23-11-9-20/h3-7,12H,2,8-11H2,1H3/q+1/b14-12+. The van der Waals surface area contributed by atoms with E-state index in [-0.39, 0.29) is 12.2 Å². The van der Waals surface area contributed by atoms with Crippen LogP contribution in [0.4, 0.5) is 13.2 Å². The summed E-state index contributed by atoms with van der Waals surface area (Å²) in [5.41, 5.74) is -4.12. The van der Waals surface area contributed by atoms with Crippen molar-refractivity contribution in [1.82, 2.24) is 0 Å². The van der Waals surface area contributed by atoms with E-state index in [1.165, 1.54) is 13.0 Å². The first kappa shape index (κ1) is 19.5. The Labute approximate surface area is 144 Å². The number of hydrogen-bond donors (Lipinski definition) is 0. The van der Waals surface area contributed by atoms with Gasteiger partial charge in [-0.1, -0.05) is 25.1 Å². The van der Waals surface area contributed by atoms with E-state index in [4.69, 9.17) is 4.74 Å². The molecule has 1 aliphatic heterocycles. The van der Waals surface area contributed by atoms with Crippen LogP contribution in [0.1, 0.15) is 18.9 Å². The molecule has 1 fully saturated rings. The van der Waals surface area contributed by atoms with E-state index < -0.39 is 15.6 Å². The summed E-state index contributed by atoms with van der Waals surface area (Å²) in [4.78, 5) is 0. The average Bonchev–Trinajstić information content (AvgIpc) is 2.59. The van der Waals surface area contributed by atoms with Crippen molar-refractivity contribution >= 4 is 15.8 Å². The third-order valence-corrected chi connectivity index (χ3v) is 4.57. The number of rotatable bonds is 5. The lowest BCUT2D eigenvalue weighted by Crippen LogP contribution is -2.33. The van der Waals surface area contributed by atoms with E-state index in [9.17, 15) is 21.6 Å². The molecule has 0 N–H and O–H groups in total. The Hall–Kier alpha value is -1.87. The van der Waals surface area contributed by atoms with Crippen molar-refractivity contribution in [3.63, 3.8) is 0 Å². The molecule has 1 aliphatic rings. The van der Waals surface area contributed by atoms with E-state index in [0.717, 1.165) is 5.56 Å². The third kappa shape index (κ3) is 5.05. The molecule has 0 unspecified atom stereocenters. The molecule has 0 saturated carbocycles. The van der Waals surface area contributed by atoms with Crippen LogP contribution in [-0.2, 0) is 19.0 Å². The quantitative estimate of drug-likeness (QED) is 0.342. The zero-order valence-electron chi connectivity index (χ0n) is 13.6. The molecular formula is C16H19F3NO4S+. The normalized spacial score (nSPS) is 16.6. The maximum Gasteiger partial charge on any atom is 0.534 e. The SMILES string of the molecule is CC/C(=C\C(c1ccccc1)=[N+]1CCOCC1)OS(=O)(=O)C(F)(F)F. The molecule has 1 aromatic carbocycles. The molecule has 25 heavy (non-hydrogen) atoms. The fourth-order valence-corrected chi connectivity index (χ4v) is 2.84. The van der Waals surface area contributed by atoms with Crippen LogP contribution in [0.5, 0.6) is 0 Å². The highest BCUT2D eigenvalue weighted by Crippen LogP contribution is 2.27.